The molecule has 9 heteroatoms. The maximum absolute atomic E-state index is 13.3. The largest absolute Gasteiger partial charge is 0.383 e. The van der Waals surface area contributed by atoms with Crippen molar-refractivity contribution in [2.75, 3.05) is 26.8 Å². The Morgan fingerprint density at radius 3 is 2.82 bits per heavy atom. The van der Waals surface area contributed by atoms with E-state index in [2.05, 4.69) is 26.0 Å². The third kappa shape index (κ3) is 4.62. The minimum absolute atomic E-state index is 0. The van der Waals surface area contributed by atoms with E-state index < -0.39 is 21.4 Å². The summed E-state index contributed by atoms with van der Waals surface area (Å²) in [7, 11) is -2.21. The normalized spacial score (nSPS) is 21.6. The molecule has 0 radical (unpaired) electrons. The second-order valence-electron chi connectivity index (χ2n) is 5.14. The van der Waals surface area contributed by atoms with Crippen molar-refractivity contribution in [1.82, 2.24) is 10.0 Å². The van der Waals surface area contributed by atoms with Crippen LogP contribution in [0, 0.1) is 5.82 Å². The standard InChI is InChI=1S/C13H18BrFN2O3S.ClH/c1-20-9-13(5-2-6-16-13)8-17-21(18,19)12-7-10(15)3-4-11(12)14;/h3-4,7,16-17H,2,5-6,8-9H2,1H3;1H. The van der Waals surface area contributed by atoms with Crippen molar-refractivity contribution in [2.24, 2.45) is 0 Å². The molecular weight excluding hydrogens is 399 g/mol. The molecule has 1 fully saturated rings. The molecule has 0 saturated carbocycles. The van der Waals surface area contributed by atoms with Gasteiger partial charge in [0.25, 0.3) is 0 Å². The summed E-state index contributed by atoms with van der Waals surface area (Å²) in [4.78, 5) is -0.104. The summed E-state index contributed by atoms with van der Waals surface area (Å²) in [5.74, 6) is -0.593. The number of hydrogen-bond acceptors (Lipinski definition) is 4. The first-order valence-electron chi connectivity index (χ1n) is 6.57. The third-order valence-corrected chi connectivity index (χ3v) is 5.93. The van der Waals surface area contributed by atoms with Gasteiger partial charge >= 0.3 is 0 Å². The highest BCUT2D eigenvalue weighted by Crippen LogP contribution is 2.24. The highest BCUT2D eigenvalue weighted by atomic mass is 79.9. The molecule has 1 aliphatic heterocycles. The summed E-state index contributed by atoms with van der Waals surface area (Å²) < 4.78 is 46.0. The molecule has 0 spiro atoms. The maximum atomic E-state index is 13.3. The van der Waals surface area contributed by atoms with Gasteiger partial charge in [-0.2, -0.15) is 0 Å². The number of nitrogens with one attached hydrogen (secondary N) is 2. The zero-order valence-electron chi connectivity index (χ0n) is 12.1. The number of halogens is 3. The van der Waals surface area contributed by atoms with Gasteiger partial charge in [0, 0.05) is 18.1 Å². The van der Waals surface area contributed by atoms with E-state index in [1.165, 1.54) is 12.1 Å². The maximum Gasteiger partial charge on any atom is 0.241 e. The van der Waals surface area contributed by atoms with Gasteiger partial charge in [-0.1, -0.05) is 0 Å². The molecule has 0 aliphatic carbocycles. The molecule has 0 aromatic heterocycles. The lowest BCUT2D eigenvalue weighted by atomic mass is 9.99. The van der Waals surface area contributed by atoms with Gasteiger partial charge in [-0.15, -0.1) is 12.4 Å². The Bertz CT molecular complexity index is 609. The Morgan fingerprint density at radius 1 is 1.50 bits per heavy atom. The molecule has 0 bridgehead atoms. The lowest BCUT2D eigenvalue weighted by molar-refractivity contribution is 0.122. The molecule has 2 rings (SSSR count). The molecule has 1 unspecified atom stereocenters. The number of ether oxygens (including phenoxy) is 1. The molecule has 2 N–H and O–H groups in total. The van der Waals surface area contributed by atoms with Crippen molar-refractivity contribution in [3.8, 4) is 0 Å². The van der Waals surface area contributed by atoms with Gasteiger partial charge in [0.15, 0.2) is 0 Å². The third-order valence-electron chi connectivity index (χ3n) is 3.54. The van der Waals surface area contributed by atoms with Gasteiger partial charge < -0.3 is 10.1 Å². The Kier molecular flexibility index (Phi) is 7.22. The fourth-order valence-electron chi connectivity index (χ4n) is 2.46. The fraction of sp³-hybridized carbons (Fsp3) is 0.538. The van der Waals surface area contributed by atoms with Crippen molar-refractivity contribution >= 4 is 38.4 Å². The average Bonchev–Trinajstić information content (AvgIpc) is 2.89. The Balaban J connectivity index is 0.00000242. The van der Waals surface area contributed by atoms with Crippen LogP contribution in [0.4, 0.5) is 4.39 Å². The summed E-state index contributed by atoms with van der Waals surface area (Å²) in [5, 5.41) is 3.28. The van der Waals surface area contributed by atoms with Crippen LogP contribution in [0.25, 0.3) is 0 Å². The van der Waals surface area contributed by atoms with Gasteiger partial charge in [0.2, 0.25) is 10.0 Å². The van der Waals surface area contributed by atoms with E-state index in [9.17, 15) is 12.8 Å². The van der Waals surface area contributed by atoms with E-state index >= 15 is 0 Å². The van der Waals surface area contributed by atoms with Gasteiger partial charge in [-0.3, -0.25) is 0 Å². The first kappa shape index (κ1) is 19.8. The number of rotatable bonds is 6. The Labute approximate surface area is 144 Å². The van der Waals surface area contributed by atoms with E-state index in [4.69, 9.17) is 4.74 Å². The van der Waals surface area contributed by atoms with E-state index in [-0.39, 0.29) is 23.8 Å². The quantitative estimate of drug-likeness (QED) is 0.743. The summed E-state index contributed by atoms with van der Waals surface area (Å²) in [6.45, 7) is 1.45. The average molecular weight is 418 g/mol. The first-order chi connectivity index (χ1) is 9.88. The lowest BCUT2D eigenvalue weighted by Gasteiger charge is -2.28. The van der Waals surface area contributed by atoms with Crippen molar-refractivity contribution in [1.29, 1.82) is 0 Å². The predicted molar refractivity (Wildman–Crippen MR) is 88.4 cm³/mol. The summed E-state index contributed by atoms with van der Waals surface area (Å²) in [6.07, 6.45) is 1.79. The number of benzene rings is 1. The van der Waals surface area contributed by atoms with Gasteiger partial charge in [0.05, 0.1) is 17.0 Å². The first-order valence-corrected chi connectivity index (χ1v) is 8.85. The topological polar surface area (TPSA) is 67.4 Å². The smallest absolute Gasteiger partial charge is 0.241 e. The Hall–Kier alpha value is -0.250. The highest BCUT2D eigenvalue weighted by molar-refractivity contribution is 9.10. The molecule has 5 nitrogen and oxygen atoms in total. The van der Waals surface area contributed by atoms with Crippen LogP contribution in [-0.2, 0) is 14.8 Å². The van der Waals surface area contributed by atoms with Crippen molar-refractivity contribution in [3.63, 3.8) is 0 Å². The summed E-state index contributed by atoms with van der Waals surface area (Å²) in [6, 6.07) is 3.58. The molecule has 1 aromatic rings. The molecule has 1 atom stereocenters. The molecule has 1 aromatic carbocycles. The van der Waals surface area contributed by atoms with E-state index in [0.29, 0.717) is 11.1 Å². The minimum atomic E-state index is -3.79. The molecule has 126 valence electrons. The number of methoxy groups -OCH3 is 1. The van der Waals surface area contributed by atoms with Crippen LogP contribution < -0.4 is 10.0 Å². The molecule has 0 amide bonds. The molecule has 1 heterocycles. The van der Waals surface area contributed by atoms with Crippen LogP contribution >= 0.6 is 28.3 Å². The molecule has 22 heavy (non-hydrogen) atoms. The van der Waals surface area contributed by atoms with Crippen LogP contribution in [0.3, 0.4) is 0 Å². The van der Waals surface area contributed by atoms with Crippen molar-refractivity contribution in [3.05, 3.63) is 28.5 Å². The summed E-state index contributed by atoms with van der Waals surface area (Å²) in [5.41, 5.74) is -0.401. The predicted octanol–water partition coefficient (Wildman–Crippen LogP) is 2.06. The fourth-order valence-corrected chi connectivity index (χ4v) is 4.56. The van der Waals surface area contributed by atoms with Crippen LogP contribution in [0.5, 0.6) is 0 Å². The van der Waals surface area contributed by atoms with Crippen LogP contribution in [0.2, 0.25) is 0 Å². The van der Waals surface area contributed by atoms with Gasteiger partial charge in [-0.25, -0.2) is 17.5 Å². The van der Waals surface area contributed by atoms with E-state index in [1.54, 1.807) is 7.11 Å². The zero-order chi connectivity index (χ0) is 15.5. The van der Waals surface area contributed by atoms with Gasteiger partial charge in [-0.05, 0) is 53.5 Å². The van der Waals surface area contributed by atoms with E-state index in [1.807, 2.05) is 0 Å². The van der Waals surface area contributed by atoms with Gasteiger partial charge in [0.1, 0.15) is 5.82 Å². The molecular formula is C13H19BrClFN2O3S. The van der Waals surface area contributed by atoms with E-state index in [0.717, 1.165) is 25.5 Å². The summed E-state index contributed by atoms with van der Waals surface area (Å²) >= 11 is 3.14. The van der Waals surface area contributed by atoms with Crippen molar-refractivity contribution in [2.45, 2.75) is 23.3 Å². The Morgan fingerprint density at radius 2 is 2.23 bits per heavy atom. The number of hydrogen-bond donors (Lipinski definition) is 2. The second kappa shape index (κ2) is 8.03. The number of sulfonamides is 1. The zero-order valence-corrected chi connectivity index (χ0v) is 15.3. The van der Waals surface area contributed by atoms with Crippen LogP contribution in [-0.4, -0.2) is 40.8 Å². The van der Waals surface area contributed by atoms with Crippen molar-refractivity contribution < 1.29 is 17.5 Å². The molecule has 1 aliphatic rings. The lowest BCUT2D eigenvalue weighted by Crippen LogP contribution is -2.52. The SMILES string of the molecule is COCC1(CNS(=O)(=O)c2cc(F)ccc2Br)CCCN1.Cl. The molecule has 1 saturated heterocycles. The second-order valence-corrected chi connectivity index (χ2v) is 7.73. The monoisotopic (exact) mass is 416 g/mol. The van der Waals surface area contributed by atoms with Crippen LogP contribution in [0.15, 0.2) is 27.6 Å². The van der Waals surface area contributed by atoms with Crippen LogP contribution in [0.1, 0.15) is 12.8 Å². The highest BCUT2D eigenvalue weighted by Gasteiger charge is 2.35. The minimum Gasteiger partial charge on any atom is -0.383 e.